The van der Waals surface area contributed by atoms with E-state index in [1.54, 1.807) is 0 Å². The predicted molar refractivity (Wildman–Crippen MR) is 117 cm³/mol. The van der Waals surface area contributed by atoms with E-state index < -0.39 is 0 Å². The Hall–Kier alpha value is -2.59. The zero-order valence-corrected chi connectivity index (χ0v) is 17.4. The Bertz CT molecular complexity index is 995. The maximum Gasteiger partial charge on any atom is 0.133 e. The summed E-state index contributed by atoms with van der Waals surface area (Å²) in [6.45, 7) is 5.36. The second kappa shape index (κ2) is 8.42. The molecule has 1 aromatic heterocycles. The van der Waals surface area contributed by atoms with Gasteiger partial charge in [0.2, 0.25) is 0 Å². The van der Waals surface area contributed by atoms with E-state index in [1.165, 1.54) is 6.42 Å². The second-order valence-corrected chi connectivity index (χ2v) is 8.06. The van der Waals surface area contributed by atoms with Gasteiger partial charge in [-0.3, -0.25) is 0 Å². The van der Waals surface area contributed by atoms with Crippen molar-refractivity contribution in [2.75, 3.05) is 6.61 Å². The summed E-state index contributed by atoms with van der Waals surface area (Å²) in [5.74, 6) is 1.76. The molecule has 1 aliphatic carbocycles. The zero-order valence-electron chi connectivity index (χ0n) is 17.4. The number of nitrogens with two attached hydrogens (primary N) is 1. The molecule has 0 spiro atoms. The van der Waals surface area contributed by atoms with Crippen molar-refractivity contribution in [1.82, 2.24) is 4.98 Å². The Morgan fingerprint density at radius 3 is 2.66 bits per heavy atom. The van der Waals surface area contributed by atoms with Crippen LogP contribution in [-0.4, -0.2) is 11.6 Å². The minimum atomic E-state index is -0.184. The third kappa shape index (κ3) is 4.08. The van der Waals surface area contributed by atoms with Gasteiger partial charge in [0, 0.05) is 16.5 Å². The summed E-state index contributed by atoms with van der Waals surface area (Å²) in [6, 6.07) is 16.3. The minimum absolute atomic E-state index is 0.184. The van der Waals surface area contributed by atoms with Crippen LogP contribution in [0.5, 0.6) is 11.5 Å². The molecule has 2 N–H and O–H groups in total. The van der Waals surface area contributed by atoms with Gasteiger partial charge >= 0.3 is 0 Å². The Labute approximate surface area is 173 Å². The number of nitrogens with zero attached hydrogens (tertiary/aromatic N) is 1. The molecule has 0 radical (unpaired) electrons. The Balaban J connectivity index is 1.58. The van der Waals surface area contributed by atoms with Gasteiger partial charge in [-0.05, 0) is 62.4 Å². The molecule has 0 aliphatic heterocycles. The summed E-state index contributed by atoms with van der Waals surface area (Å²) < 4.78 is 12.3. The lowest BCUT2D eigenvalue weighted by molar-refractivity contribution is 0.250. The van der Waals surface area contributed by atoms with Gasteiger partial charge in [-0.25, -0.2) is 4.98 Å². The molecule has 1 heterocycles. The Kier molecular flexibility index (Phi) is 5.72. The van der Waals surface area contributed by atoms with E-state index >= 15 is 0 Å². The van der Waals surface area contributed by atoms with Crippen molar-refractivity contribution in [3.63, 3.8) is 0 Å². The monoisotopic (exact) mass is 390 g/mol. The number of aromatic nitrogens is 1. The standard InChI is InChI=1S/C25H30N2O2/c1-3-4-15-28-24-18(2)23(27-22-12-6-5-11-21(22)24)17-29-20-10-7-9-19(16-20)25(26)13-8-14-25/h5-7,9-12,16H,3-4,8,13-15,17,26H2,1-2H3. The van der Waals surface area contributed by atoms with Gasteiger partial charge in [0.25, 0.3) is 0 Å². The van der Waals surface area contributed by atoms with Crippen LogP contribution in [0.3, 0.4) is 0 Å². The van der Waals surface area contributed by atoms with E-state index in [4.69, 9.17) is 20.2 Å². The van der Waals surface area contributed by atoms with Crippen LogP contribution in [0.2, 0.25) is 0 Å². The van der Waals surface area contributed by atoms with Gasteiger partial charge in [-0.1, -0.05) is 37.6 Å². The molecular formula is C25H30N2O2. The molecule has 4 heteroatoms. The average Bonchev–Trinajstić information content (AvgIpc) is 2.72. The van der Waals surface area contributed by atoms with Crippen molar-refractivity contribution in [3.8, 4) is 11.5 Å². The van der Waals surface area contributed by atoms with Crippen molar-refractivity contribution in [1.29, 1.82) is 0 Å². The molecular weight excluding hydrogens is 360 g/mol. The summed E-state index contributed by atoms with van der Waals surface area (Å²) in [5, 5.41) is 1.06. The highest BCUT2D eigenvalue weighted by atomic mass is 16.5. The molecule has 0 amide bonds. The highest BCUT2D eigenvalue weighted by Crippen LogP contribution is 2.39. The van der Waals surface area contributed by atoms with Gasteiger partial charge in [-0.2, -0.15) is 0 Å². The number of benzene rings is 2. The van der Waals surface area contributed by atoms with Crippen LogP contribution in [0.4, 0.5) is 0 Å². The fourth-order valence-electron chi connectivity index (χ4n) is 3.86. The molecule has 1 saturated carbocycles. The van der Waals surface area contributed by atoms with Crippen LogP contribution in [0.1, 0.15) is 55.8 Å². The van der Waals surface area contributed by atoms with E-state index in [2.05, 4.69) is 32.0 Å². The second-order valence-electron chi connectivity index (χ2n) is 8.06. The quantitative estimate of drug-likeness (QED) is 0.506. The molecule has 4 rings (SSSR count). The van der Waals surface area contributed by atoms with Gasteiger partial charge in [0.15, 0.2) is 0 Å². The number of hydrogen-bond donors (Lipinski definition) is 1. The fraction of sp³-hybridized carbons (Fsp3) is 0.400. The maximum absolute atomic E-state index is 6.48. The molecule has 0 saturated heterocycles. The Morgan fingerprint density at radius 2 is 1.90 bits per heavy atom. The molecule has 3 aromatic rings. The first-order valence-corrected chi connectivity index (χ1v) is 10.6. The molecule has 1 fully saturated rings. The maximum atomic E-state index is 6.48. The van der Waals surface area contributed by atoms with E-state index in [-0.39, 0.29) is 5.54 Å². The number of fused-ring (bicyclic) bond motifs is 1. The van der Waals surface area contributed by atoms with Crippen LogP contribution >= 0.6 is 0 Å². The molecule has 29 heavy (non-hydrogen) atoms. The smallest absolute Gasteiger partial charge is 0.133 e. The van der Waals surface area contributed by atoms with Gasteiger partial charge in [0.1, 0.15) is 18.1 Å². The van der Waals surface area contributed by atoms with E-state index in [0.29, 0.717) is 13.2 Å². The van der Waals surface area contributed by atoms with Crippen molar-refractivity contribution in [2.45, 2.75) is 58.1 Å². The average molecular weight is 391 g/mol. The van der Waals surface area contributed by atoms with Crippen molar-refractivity contribution in [2.24, 2.45) is 5.73 Å². The number of pyridine rings is 1. The van der Waals surface area contributed by atoms with Crippen molar-refractivity contribution in [3.05, 3.63) is 65.4 Å². The Morgan fingerprint density at radius 1 is 1.07 bits per heavy atom. The molecule has 0 atom stereocenters. The van der Waals surface area contributed by atoms with Gasteiger partial charge in [-0.15, -0.1) is 0 Å². The SMILES string of the molecule is CCCCOc1c(C)c(COc2cccc(C3(N)CCC3)c2)nc2ccccc12. The lowest BCUT2D eigenvalue weighted by atomic mass is 9.73. The number of ether oxygens (including phenoxy) is 2. The number of hydrogen-bond acceptors (Lipinski definition) is 4. The van der Waals surface area contributed by atoms with E-state index in [1.807, 2.05) is 30.3 Å². The third-order valence-corrected chi connectivity index (χ3v) is 5.95. The first-order valence-electron chi connectivity index (χ1n) is 10.6. The minimum Gasteiger partial charge on any atom is -0.493 e. The summed E-state index contributed by atoms with van der Waals surface area (Å²) >= 11 is 0. The molecule has 4 nitrogen and oxygen atoms in total. The molecule has 0 unspecified atom stereocenters. The molecule has 2 aromatic carbocycles. The summed E-state index contributed by atoms with van der Waals surface area (Å²) in [6.07, 6.45) is 5.43. The zero-order chi connectivity index (χ0) is 20.3. The first kappa shape index (κ1) is 19.7. The lowest BCUT2D eigenvalue weighted by Crippen LogP contribution is -2.43. The highest BCUT2D eigenvalue weighted by molar-refractivity contribution is 5.86. The summed E-state index contributed by atoms with van der Waals surface area (Å²) in [4.78, 5) is 4.85. The van der Waals surface area contributed by atoms with Gasteiger partial charge < -0.3 is 15.2 Å². The molecule has 152 valence electrons. The molecule has 1 aliphatic rings. The van der Waals surface area contributed by atoms with Crippen LogP contribution in [0, 0.1) is 6.92 Å². The van der Waals surface area contributed by atoms with Crippen molar-refractivity contribution >= 4 is 10.9 Å². The largest absolute Gasteiger partial charge is 0.493 e. The third-order valence-electron chi connectivity index (χ3n) is 5.95. The molecule has 0 bridgehead atoms. The number of unbranched alkanes of at least 4 members (excludes halogenated alkanes) is 1. The van der Waals surface area contributed by atoms with Crippen LogP contribution in [0.25, 0.3) is 10.9 Å². The number of para-hydroxylation sites is 1. The van der Waals surface area contributed by atoms with E-state index in [0.717, 1.165) is 64.9 Å². The van der Waals surface area contributed by atoms with Crippen LogP contribution < -0.4 is 15.2 Å². The predicted octanol–water partition coefficient (Wildman–Crippen LogP) is 5.64. The van der Waals surface area contributed by atoms with Crippen LogP contribution in [0.15, 0.2) is 48.5 Å². The summed E-state index contributed by atoms with van der Waals surface area (Å²) in [7, 11) is 0. The van der Waals surface area contributed by atoms with Gasteiger partial charge in [0.05, 0.1) is 17.8 Å². The highest BCUT2D eigenvalue weighted by Gasteiger charge is 2.34. The van der Waals surface area contributed by atoms with Crippen LogP contribution in [-0.2, 0) is 12.1 Å². The lowest BCUT2D eigenvalue weighted by Gasteiger charge is -2.38. The normalized spacial score (nSPS) is 15.1. The first-order chi connectivity index (χ1) is 14.1. The number of rotatable bonds is 8. The topological polar surface area (TPSA) is 57.4 Å². The summed E-state index contributed by atoms with van der Waals surface area (Å²) in [5.41, 5.74) is 10.3. The van der Waals surface area contributed by atoms with Crippen molar-refractivity contribution < 1.29 is 9.47 Å². The fourth-order valence-corrected chi connectivity index (χ4v) is 3.86. The van der Waals surface area contributed by atoms with E-state index in [9.17, 15) is 0 Å².